The summed E-state index contributed by atoms with van der Waals surface area (Å²) in [6.45, 7) is 9.21. The minimum atomic E-state index is 0.432. The highest BCUT2D eigenvalue weighted by Gasteiger charge is 2.25. The Hall–Kier alpha value is -1.10. The summed E-state index contributed by atoms with van der Waals surface area (Å²) in [5.74, 6) is 1.47. The van der Waals surface area contributed by atoms with Gasteiger partial charge in [0.15, 0.2) is 0 Å². The first-order chi connectivity index (χ1) is 8.69. The van der Waals surface area contributed by atoms with Crippen LogP contribution in [0, 0.1) is 5.92 Å². The lowest BCUT2D eigenvalue weighted by atomic mass is 10.0. The fourth-order valence-corrected chi connectivity index (χ4v) is 2.39. The zero-order valence-corrected chi connectivity index (χ0v) is 11.6. The summed E-state index contributed by atoms with van der Waals surface area (Å²) < 4.78 is 5.69. The first-order valence-electron chi connectivity index (χ1n) is 6.99. The van der Waals surface area contributed by atoms with Gasteiger partial charge in [0.25, 0.3) is 0 Å². The van der Waals surface area contributed by atoms with Gasteiger partial charge >= 0.3 is 6.01 Å². The summed E-state index contributed by atoms with van der Waals surface area (Å²) in [7, 11) is 0. The van der Waals surface area contributed by atoms with Crippen LogP contribution in [-0.2, 0) is 6.54 Å². The molecule has 102 valence electrons. The summed E-state index contributed by atoms with van der Waals surface area (Å²) >= 11 is 0. The second-order valence-corrected chi connectivity index (χ2v) is 5.40. The Balaban J connectivity index is 1.86. The second-order valence-electron chi connectivity index (χ2n) is 5.40. The number of anilines is 1. The third-order valence-corrected chi connectivity index (χ3v) is 3.37. The Morgan fingerprint density at radius 1 is 1.44 bits per heavy atom. The monoisotopic (exact) mass is 252 g/mol. The first kappa shape index (κ1) is 13.3. The molecule has 1 aromatic rings. The molecule has 0 spiro atoms. The van der Waals surface area contributed by atoms with Crippen molar-refractivity contribution in [3.63, 3.8) is 0 Å². The molecule has 0 amide bonds. The van der Waals surface area contributed by atoms with Crippen molar-refractivity contribution in [3.05, 3.63) is 5.89 Å². The van der Waals surface area contributed by atoms with E-state index in [0.717, 1.165) is 19.0 Å². The Morgan fingerprint density at radius 2 is 2.28 bits per heavy atom. The van der Waals surface area contributed by atoms with E-state index in [1.165, 1.54) is 19.3 Å². The molecule has 1 aliphatic heterocycles. The predicted octanol–water partition coefficient (Wildman–Crippen LogP) is 2.19. The Labute approximate surface area is 109 Å². The first-order valence-corrected chi connectivity index (χ1v) is 6.99. The second kappa shape index (κ2) is 6.18. The van der Waals surface area contributed by atoms with Crippen LogP contribution in [0.4, 0.5) is 6.01 Å². The average molecular weight is 252 g/mol. The van der Waals surface area contributed by atoms with E-state index in [9.17, 15) is 0 Å². The Kier molecular flexibility index (Phi) is 4.58. The smallest absolute Gasteiger partial charge is 0.318 e. The largest absolute Gasteiger partial charge is 0.407 e. The molecule has 0 aromatic carbocycles. The number of aromatic nitrogens is 2. The van der Waals surface area contributed by atoms with Crippen molar-refractivity contribution in [2.75, 3.05) is 18.0 Å². The van der Waals surface area contributed by atoms with E-state index >= 15 is 0 Å². The molecule has 2 rings (SSSR count). The van der Waals surface area contributed by atoms with Crippen LogP contribution in [-0.4, -0.2) is 29.3 Å². The molecule has 1 fully saturated rings. The average Bonchev–Trinajstić information content (AvgIpc) is 2.94. The van der Waals surface area contributed by atoms with Gasteiger partial charge in [0.2, 0.25) is 5.89 Å². The standard InChI is InChI=1S/C13H24N4O/c1-4-5-11-6-7-17(9-11)13-16-15-12(18-13)8-14-10(2)3/h10-11,14H,4-9H2,1-3H3. The molecule has 1 saturated heterocycles. The number of nitrogens with one attached hydrogen (secondary N) is 1. The summed E-state index contributed by atoms with van der Waals surface area (Å²) in [5, 5.41) is 11.5. The summed E-state index contributed by atoms with van der Waals surface area (Å²) in [6.07, 6.45) is 3.80. The number of hydrogen-bond acceptors (Lipinski definition) is 5. The van der Waals surface area contributed by atoms with Crippen molar-refractivity contribution in [2.24, 2.45) is 5.92 Å². The maximum Gasteiger partial charge on any atom is 0.318 e. The lowest BCUT2D eigenvalue weighted by Gasteiger charge is -2.12. The maximum absolute atomic E-state index is 5.69. The van der Waals surface area contributed by atoms with E-state index in [0.29, 0.717) is 24.5 Å². The molecular weight excluding hydrogens is 228 g/mol. The molecule has 0 radical (unpaired) electrons. The van der Waals surface area contributed by atoms with E-state index < -0.39 is 0 Å². The molecule has 1 aliphatic rings. The zero-order valence-electron chi connectivity index (χ0n) is 11.6. The fourth-order valence-electron chi connectivity index (χ4n) is 2.39. The molecule has 5 nitrogen and oxygen atoms in total. The van der Waals surface area contributed by atoms with Gasteiger partial charge in [-0.2, -0.15) is 0 Å². The number of rotatable bonds is 6. The SMILES string of the molecule is CCCC1CCN(c2nnc(CNC(C)C)o2)C1. The van der Waals surface area contributed by atoms with Gasteiger partial charge < -0.3 is 14.6 Å². The quantitative estimate of drug-likeness (QED) is 0.841. The molecule has 1 aromatic heterocycles. The van der Waals surface area contributed by atoms with Crippen molar-refractivity contribution >= 4 is 6.01 Å². The van der Waals surface area contributed by atoms with Crippen molar-refractivity contribution in [1.82, 2.24) is 15.5 Å². The topological polar surface area (TPSA) is 54.2 Å². The Morgan fingerprint density at radius 3 is 3.00 bits per heavy atom. The van der Waals surface area contributed by atoms with Crippen molar-refractivity contribution in [1.29, 1.82) is 0 Å². The maximum atomic E-state index is 5.69. The van der Waals surface area contributed by atoms with Gasteiger partial charge in [-0.05, 0) is 18.8 Å². The van der Waals surface area contributed by atoms with Crippen LogP contribution in [0.15, 0.2) is 4.42 Å². The van der Waals surface area contributed by atoms with E-state index in [-0.39, 0.29) is 0 Å². The molecule has 0 saturated carbocycles. The van der Waals surface area contributed by atoms with Crippen LogP contribution in [0.3, 0.4) is 0 Å². The summed E-state index contributed by atoms with van der Waals surface area (Å²) in [6, 6.07) is 1.12. The Bertz CT molecular complexity index is 364. The molecule has 0 aliphatic carbocycles. The van der Waals surface area contributed by atoms with Crippen LogP contribution >= 0.6 is 0 Å². The van der Waals surface area contributed by atoms with Crippen LogP contribution < -0.4 is 10.2 Å². The van der Waals surface area contributed by atoms with Gasteiger partial charge in [-0.1, -0.05) is 32.3 Å². The lowest BCUT2D eigenvalue weighted by molar-refractivity contribution is 0.448. The van der Waals surface area contributed by atoms with Crippen molar-refractivity contribution in [3.8, 4) is 0 Å². The molecule has 2 heterocycles. The molecule has 18 heavy (non-hydrogen) atoms. The van der Waals surface area contributed by atoms with Crippen LogP contribution in [0.25, 0.3) is 0 Å². The van der Waals surface area contributed by atoms with Gasteiger partial charge in [0, 0.05) is 19.1 Å². The zero-order chi connectivity index (χ0) is 13.0. The molecule has 1 atom stereocenters. The molecule has 5 heteroatoms. The van der Waals surface area contributed by atoms with Gasteiger partial charge in [-0.3, -0.25) is 0 Å². The van der Waals surface area contributed by atoms with Gasteiger partial charge in [-0.15, -0.1) is 5.10 Å². The van der Waals surface area contributed by atoms with E-state index in [4.69, 9.17) is 4.42 Å². The normalized spacial score (nSPS) is 20.0. The third kappa shape index (κ3) is 3.45. The number of nitrogens with zero attached hydrogens (tertiary/aromatic N) is 3. The summed E-state index contributed by atoms with van der Waals surface area (Å²) in [5.41, 5.74) is 0. The van der Waals surface area contributed by atoms with E-state index in [2.05, 4.69) is 41.2 Å². The lowest BCUT2D eigenvalue weighted by Crippen LogP contribution is -2.22. The molecule has 1 unspecified atom stereocenters. The minimum Gasteiger partial charge on any atom is -0.407 e. The highest BCUT2D eigenvalue weighted by atomic mass is 16.4. The third-order valence-electron chi connectivity index (χ3n) is 3.37. The van der Waals surface area contributed by atoms with Crippen molar-refractivity contribution < 1.29 is 4.42 Å². The van der Waals surface area contributed by atoms with Crippen LogP contribution in [0.1, 0.15) is 45.9 Å². The molecular formula is C13H24N4O. The highest BCUT2D eigenvalue weighted by molar-refractivity contribution is 5.26. The molecule has 1 N–H and O–H groups in total. The van der Waals surface area contributed by atoms with Gasteiger partial charge in [0.05, 0.1) is 6.54 Å². The summed E-state index contributed by atoms with van der Waals surface area (Å²) in [4.78, 5) is 2.21. The molecule has 0 bridgehead atoms. The van der Waals surface area contributed by atoms with Crippen LogP contribution in [0.2, 0.25) is 0 Å². The van der Waals surface area contributed by atoms with E-state index in [1.54, 1.807) is 0 Å². The van der Waals surface area contributed by atoms with Crippen LogP contribution in [0.5, 0.6) is 0 Å². The predicted molar refractivity (Wildman–Crippen MR) is 71.5 cm³/mol. The number of hydrogen-bond donors (Lipinski definition) is 1. The highest BCUT2D eigenvalue weighted by Crippen LogP contribution is 2.25. The van der Waals surface area contributed by atoms with Gasteiger partial charge in [-0.25, -0.2) is 0 Å². The van der Waals surface area contributed by atoms with Crippen molar-refractivity contribution in [2.45, 2.75) is 52.6 Å². The fraction of sp³-hybridized carbons (Fsp3) is 0.846. The van der Waals surface area contributed by atoms with E-state index in [1.807, 2.05) is 0 Å². The minimum absolute atomic E-state index is 0.432. The van der Waals surface area contributed by atoms with Gasteiger partial charge in [0.1, 0.15) is 0 Å².